The Bertz CT molecular complexity index is 45.1. The fourth-order valence-corrected chi connectivity index (χ4v) is 0.780. The van der Waals surface area contributed by atoms with Crippen molar-refractivity contribution in [2.75, 3.05) is 0 Å². The second-order valence-corrected chi connectivity index (χ2v) is 3.12. The summed E-state index contributed by atoms with van der Waals surface area (Å²) in [5.41, 5.74) is 0. The summed E-state index contributed by atoms with van der Waals surface area (Å²) in [5, 5.41) is 0. The summed E-state index contributed by atoms with van der Waals surface area (Å²) >= 11 is 0. The van der Waals surface area contributed by atoms with Gasteiger partial charge in [0.1, 0.15) is 0 Å². The van der Waals surface area contributed by atoms with Gasteiger partial charge in [0.25, 0.3) is 0 Å². The Morgan fingerprint density at radius 2 is 1.15 bits per heavy atom. The predicted octanol–water partition coefficient (Wildman–Crippen LogP) is 4.80. The summed E-state index contributed by atoms with van der Waals surface area (Å²) in [7, 11) is 0. The maximum absolute atomic E-state index is 3.78. The molecule has 0 nitrogen and oxygen atoms in total. The van der Waals surface area contributed by atoms with Crippen LogP contribution in [0.15, 0.2) is 0 Å². The minimum atomic E-state index is 0. The zero-order valence-electron chi connectivity index (χ0n) is 9.78. The van der Waals surface area contributed by atoms with Gasteiger partial charge in [0.2, 0.25) is 0 Å². The molecule has 0 N–H and O–H groups in total. The molecule has 0 aliphatic rings. The van der Waals surface area contributed by atoms with Crippen molar-refractivity contribution < 1.29 is 27.3 Å². The third kappa shape index (κ3) is 32.2. The molecule has 0 aromatic carbocycles. The van der Waals surface area contributed by atoms with Crippen LogP contribution in [0.2, 0.25) is 0 Å². The van der Waals surface area contributed by atoms with Gasteiger partial charge in [-0.3, -0.25) is 0 Å². The molecule has 0 aliphatic carbocycles. The third-order valence-corrected chi connectivity index (χ3v) is 1.71. The Labute approximate surface area is 106 Å². The first-order valence-corrected chi connectivity index (χ1v) is 5.41. The second kappa shape index (κ2) is 23.1. The largest absolute Gasteiger partial charge is 2.00 e. The molecule has 0 aliphatic heterocycles. The Kier molecular flexibility index (Phi) is 34.6. The summed E-state index contributed by atoms with van der Waals surface area (Å²) in [6, 6.07) is 0. The first kappa shape index (κ1) is 19.5. The number of unbranched alkanes of at least 4 members (excludes halogenated alkanes) is 6. The number of hydrogen-bond donors (Lipinski definition) is 0. The van der Waals surface area contributed by atoms with Crippen LogP contribution in [0, 0.1) is 13.8 Å². The molecule has 1 heteroatoms. The zero-order valence-corrected chi connectivity index (χ0v) is 13.8. The predicted molar refractivity (Wildman–Crippen MR) is 59.0 cm³/mol. The third-order valence-electron chi connectivity index (χ3n) is 1.71. The van der Waals surface area contributed by atoms with Crippen LogP contribution >= 0.6 is 0 Å². The smallest absolute Gasteiger partial charge is 0.343 e. The molecular formula is C12H26Cd. The van der Waals surface area contributed by atoms with E-state index in [1.807, 2.05) is 0 Å². The average molecular weight is 283 g/mol. The summed E-state index contributed by atoms with van der Waals surface area (Å²) in [6.45, 7) is 11.7. The van der Waals surface area contributed by atoms with Crippen molar-refractivity contribution in [2.45, 2.75) is 65.2 Å². The molecule has 0 radical (unpaired) electrons. The van der Waals surface area contributed by atoms with E-state index in [1.54, 1.807) is 0 Å². The first-order chi connectivity index (χ1) is 5.83. The molecule has 0 saturated carbocycles. The summed E-state index contributed by atoms with van der Waals surface area (Å²) in [5.74, 6) is 0. The van der Waals surface area contributed by atoms with Gasteiger partial charge in [0.15, 0.2) is 0 Å². The Balaban J connectivity index is -0.000000173. The van der Waals surface area contributed by atoms with Crippen molar-refractivity contribution in [2.24, 2.45) is 0 Å². The maximum Gasteiger partial charge on any atom is 2.00 e. The SMILES string of the molecule is [CH2-]CCC.[CH2-]CCCCCCC.[Cd+2]. The molecule has 0 rings (SSSR count). The van der Waals surface area contributed by atoms with E-state index >= 15 is 0 Å². The van der Waals surface area contributed by atoms with Gasteiger partial charge >= 0.3 is 27.3 Å². The Morgan fingerprint density at radius 3 is 1.46 bits per heavy atom. The van der Waals surface area contributed by atoms with Crippen molar-refractivity contribution in [3.05, 3.63) is 13.8 Å². The van der Waals surface area contributed by atoms with Crippen molar-refractivity contribution in [3.8, 4) is 0 Å². The molecule has 0 amide bonds. The molecule has 0 heterocycles. The van der Waals surface area contributed by atoms with Gasteiger partial charge in [-0.1, -0.05) is 52.4 Å². The molecule has 0 bridgehead atoms. The first-order valence-electron chi connectivity index (χ1n) is 5.41. The van der Waals surface area contributed by atoms with Gasteiger partial charge < -0.3 is 13.8 Å². The minimum Gasteiger partial charge on any atom is -0.343 e. The summed E-state index contributed by atoms with van der Waals surface area (Å²) < 4.78 is 0. The van der Waals surface area contributed by atoms with Gasteiger partial charge in [0, 0.05) is 0 Å². The van der Waals surface area contributed by atoms with Crippen LogP contribution in [0.4, 0.5) is 0 Å². The standard InChI is InChI=1S/C8H17.C4H9.Cd/c1-3-5-7-8-6-4-2;1-3-4-2;/h1,3-8H2,2H3;1,3-4H2,2H3;/q2*-1;+2. The van der Waals surface area contributed by atoms with Crippen LogP contribution in [0.3, 0.4) is 0 Å². The monoisotopic (exact) mass is 284 g/mol. The summed E-state index contributed by atoms with van der Waals surface area (Å²) in [6.07, 6.45) is 10.3. The summed E-state index contributed by atoms with van der Waals surface area (Å²) in [4.78, 5) is 0. The fraction of sp³-hybridized carbons (Fsp3) is 0.833. The van der Waals surface area contributed by atoms with E-state index in [-0.39, 0.29) is 27.3 Å². The maximum atomic E-state index is 3.78. The van der Waals surface area contributed by atoms with Crippen LogP contribution in [-0.2, 0) is 27.3 Å². The minimum absolute atomic E-state index is 0. The van der Waals surface area contributed by atoms with Crippen LogP contribution < -0.4 is 0 Å². The molecule has 76 valence electrons. The molecule has 0 fully saturated rings. The van der Waals surface area contributed by atoms with Gasteiger partial charge in [-0.05, 0) is 0 Å². The topological polar surface area (TPSA) is 0 Å². The van der Waals surface area contributed by atoms with Gasteiger partial charge in [-0.2, -0.15) is 12.8 Å². The molecule has 0 aromatic heterocycles. The van der Waals surface area contributed by atoms with Crippen LogP contribution in [0.5, 0.6) is 0 Å². The van der Waals surface area contributed by atoms with Crippen LogP contribution in [0.25, 0.3) is 0 Å². The molecular weight excluding hydrogens is 257 g/mol. The fourth-order valence-electron chi connectivity index (χ4n) is 0.780. The van der Waals surface area contributed by atoms with Crippen LogP contribution in [0.1, 0.15) is 65.2 Å². The van der Waals surface area contributed by atoms with Crippen LogP contribution in [-0.4, -0.2) is 0 Å². The Hall–Kier alpha value is 0.922. The van der Waals surface area contributed by atoms with E-state index in [4.69, 9.17) is 0 Å². The van der Waals surface area contributed by atoms with E-state index in [9.17, 15) is 0 Å². The van der Waals surface area contributed by atoms with E-state index in [0.29, 0.717) is 0 Å². The van der Waals surface area contributed by atoms with E-state index in [2.05, 4.69) is 27.7 Å². The van der Waals surface area contributed by atoms with E-state index in [0.717, 1.165) is 12.8 Å². The van der Waals surface area contributed by atoms with Crippen molar-refractivity contribution in [1.29, 1.82) is 0 Å². The molecule has 13 heavy (non-hydrogen) atoms. The number of hydrogen-bond acceptors (Lipinski definition) is 0. The number of rotatable bonds is 6. The molecule has 0 aromatic rings. The quantitative estimate of drug-likeness (QED) is 0.373. The van der Waals surface area contributed by atoms with E-state index in [1.165, 1.54) is 38.5 Å². The second-order valence-electron chi connectivity index (χ2n) is 3.12. The molecule has 0 unspecified atom stereocenters. The van der Waals surface area contributed by atoms with Gasteiger partial charge in [-0.25, -0.2) is 0 Å². The van der Waals surface area contributed by atoms with E-state index < -0.39 is 0 Å². The van der Waals surface area contributed by atoms with Gasteiger partial charge in [-0.15, -0.1) is 0 Å². The van der Waals surface area contributed by atoms with Crippen molar-refractivity contribution >= 4 is 0 Å². The molecule has 0 saturated heterocycles. The molecule has 0 atom stereocenters. The normalized spacial score (nSPS) is 8.31. The van der Waals surface area contributed by atoms with Gasteiger partial charge in [0.05, 0.1) is 0 Å². The van der Waals surface area contributed by atoms with Crippen molar-refractivity contribution in [1.82, 2.24) is 0 Å². The zero-order chi connectivity index (χ0) is 9.66. The van der Waals surface area contributed by atoms with Crippen molar-refractivity contribution in [3.63, 3.8) is 0 Å². The Morgan fingerprint density at radius 1 is 0.692 bits per heavy atom. The average Bonchev–Trinajstić information content (AvgIpc) is 2.13. The molecule has 0 spiro atoms.